The lowest BCUT2D eigenvalue weighted by atomic mass is 9.45. The number of likely N-dealkylation sites (N-methyl/N-ethyl adjacent to an activating group) is 1. The molecule has 0 aromatic carbocycles. The second-order valence-corrected chi connectivity index (χ2v) is 11.5. The van der Waals surface area contributed by atoms with Crippen LogP contribution in [0.25, 0.3) is 0 Å². The first-order valence-corrected chi connectivity index (χ1v) is 13.5. The van der Waals surface area contributed by atoms with Crippen LogP contribution in [0.5, 0.6) is 0 Å². The van der Waals surface area contributed by atoms with Crippen LogP contribution in [0.2, 0.25) is 0 Å². The van der Waals surface area contributed by atoms with Crippen LogP contribution in [0, 0.1) is 28.6 Å². The van der Waals surface area contributed by atoms with Crippen LogP contribution in [0.4, 0.5) is 0 Å². The molecule has 0 saturated heterocycles. The van der Waals surface area contributed by atoms with Gasteiger partial charge in [-0.2, -0.15) is 0 Å². The van der Waals surface area contributed by atoms with Gasteiger partial charge in [0, 0.05) is 43.1 Å². The quantitative estimate of drug-likeness (QED) is 0.209. The molecule has 6 atom stereocenters. The number of nitrogens with two attached hydrogens (primary N) is 1. The third kappa shape index (κ3) is 3.35. The minimum absolute atomic E-state index is 0.0110. The molecule has 4 aliphatic carbocycles. The van der Waals surface area contributed by atoms with Crippen molar-refractivity contribution in [2.24, 2.45) is 39.3 Å². The van der Waals surface area contributed by atoms with E-state index in [0.29, 0.717) is 31.9 Å². The Hall–Kier alpha value is -2.23. The van der Waals surface area contributed by atoms with Gasteiger partial charge in [0.15, 0.2) is 17.3 Å². The van der Waals surface area contributed by atoms with Crippen LogP contribution in [-0.2, 0) is 9.59 Å². The maximum Gasteiger partial charge on any atom is 0.334 e. The molecule has 0 unspecified atom stereocenters. The van der Waals surface area contributed by atoms with Crippen LogP contribution in [0.1, 0.15) is 51.4 Å². The molecule has 5 aliphatic rings. The Bertz CT molecular complexity index is 1020. The van der Waals surface area contributed by atoms with E-state index < -0.39 is 17.0 Å². The molecular formula is C27H41N5O4. The molecule has 5 rings (SSSR count). The van der Waals surface area contributed by atoms with Crippen LogP contribution in [0.3, 0.4) is 0 Å². The van der Waals surface area contributed by atoms with Crippen molar-refractivity contribution in [3.05, 3.63) is 23.4 Å². The number of hydrogen-bond donors (Lipinski definition) is 5. The van der Waals surface area contributed by atoms with E-state index in [1.54, 1.807) is 0 Å². The summed E-state index contributed by atoms with van der Waals surface area (Å²) in [6.45, 7) is 2.66. The topological polar surface area (TPSA) is 140 Å². The average molecular weight is 500 g/mol. The van der Waals surface area contributed by atoms with Gasteiger partial charge >= 0.3 is 5.97 Å². The Balaban J connectivity index is 1.71. The zero-order chi connectivity index (χ0) is 25.7. The number of carboxylic acid groups (broad SMARTS) is 1. The number of nitrogens with one attached hydrogen (secondary N) is 2. The van der Waals surface area contributed by atoms with Crippen molar-refractivity contribution >= 4 is 17.7 Å². The number of aliphatic hydroxyl groups is 1. The molecule has 198 valence electrons. The normalized spacial score (nSPS) is 40.0. The van der Waals surface area contributed by atoms with Crippen molar-refractivity contribution in [2.75, 3.05) is 40.3 Å². The van der Waals surface area contributed by atoms with E-state index in [1.807, 2.05) is 25.2 Å². The van der Waals surface area contributed by atoms with Crippen molar-refractivity contribution in [1.82, 2.24) is 15.5 Å². The van der Waals surface area contributed by atoms with E-state index in [2.05, 4.69) is 21.7 Å². The highest BCUT2D eigenvalue weighted by Crippen LogP contribution is 2.78. The van der Waals surface area contributed by atoms with E-state index in [-0.39, 0.29) is 47.4 Å². The molecule has 0 amide bonds. The summed E-state index contributed by atoms with van der Waals surface area (Å²) in [5.74, 6) is -0.385. The molecule has 3 fully saturated rings. The predicted octanol–water partition coefficient (Wildman–Crippen LogP) is 1.25. The summed E-state index contributed by atoms with van der Waals surface area (Å²) in [6, 6.07) is 0. The fourth-order valence-corrected chi connectivity index (χ4v) is 8.93. The maximum absolute atomic E-state index is 13.4. The van der Waals surface area contributed by atoms with E-state index in [1.165, 1.54) is 0 Å². The van der Waals surface area contributed by atoms with E-state index >= 15 is 0 Å². The molecular weight excluding hydrogens is 458 g/mol. The van der Waals surface area contributed by atoms with Crippen molar-refractivity contribution in [3.63, 3.8) is 0 Å². The highest BCUT2D eigenvalue weighted by molar-refractivity contribution is 6.04. The number of aliphatic carboxylic acids is 1. The van der Waals surface area contributed by atoms with Crippen LogP contribution >= 0.6 is 0 Å². The molecule has 0 radical (unpaired) electrons. The summed E-state index contributed by atoms with van der Waals surface area (Å²) in [4.78, 5) is 32.8. The largest absolute Gasteiger partial charge is 0.478 e. The summed E-state index contributed by atoms with van der Waals surface area (Å²) in [7, 11) is 3.83. The Labute approximate surface area is 213 Å². The van der Waals surface area contributed by atoms with Crippen molar-refractivity contribution < 1.29 is 19.8 Å². The Morgan fingerprint density at radius 1 is 1.22 bits per heavy atom. The number of fused-ring (bicyclic) bond motifs is 1. The lowest BCUT2D eigenvalue weighted by Gasteiger charge is -2.61. The first kappa shape index (κ1) is 25.4. The van der Waals surface area contributed by atoms with Gasteiger partial charge in [0.1, 0.15) is 0 Å². The van der Waals surface area contributed by atoms with Gasteiger partial charge < -0.3 is 31.5 Å². The molecule has 3 saturated carbocycles. The molecule has 9 heteroatoms. The molecule has 0 aromatic rings. The third-order valence-electron chi connectivity index (χ3n) is 10.2. The number of nitrogens with zero attached hydrogens (tertiary/aromatic N) is 2. The predicted molar refractivity (Wildman–Crippen MR) is 137 cm³/mol. The van der Waals surface area contributed by atoms with E-state index in [4.69, 9.17) is 5.73 Å². The second kappa shape index (κ2) is 9.26. The van der Waals surface area contributed by atoms with Gasteiger partial charge in [0.25, 0.3) is 0 Å². The van der Waals surface area contributed by atoms with Crippen molar-refractivity contribution in [1.29, 1.82) is 0 Å². The van der Waals surface area contributed by atoms with Crippen LogP contribution < -0.4 is 16.4 Å². The van der Waals surface area contributed by atoms with Crippen molar-refractivity contribution in [2.45, 2.75) is 57.0 Å². The smallest absolute Gasteiger partial charge is 0.334 e. The van der Waals surface area contributed by atoms with Gasteiger partial charge in [-0.15, -0.1) is 0 Å². The molecule has 6 N–H and O–H groups in total. The van der Waals surface area contributed by atoms with Gasteiger partial charge in [-0.3, -0.25) is 9.79 Å². The number of carbonyl (C=O) groups is 2. The van der Waals surface area contributed by atoms with Crippen molar-refractivity contribution in [3.8, 4) is 0 Å². The number of allylic oxidation sites excluding steroid dienone is 1. The molecule has 36 heavy (non-hydrogen) atoms. The summed E-state index contributed by atoms with van der Waals surface area (Å²) in [6.07, 6.45) is 9.90. The number of carbonyl (C=O) groups excluding carboxylic acids is 1. The van der Waals surface area contributed by atoms with E-state index in [0.717, 1.165) is 44.3 Å². The zero-order valence-electron chi connectivity index (χ0n) is 21.6. The average Bonchev–Trinajstić information content (AvgIpc) is 3.20. The lowest BCUT2D eigenvalue weighted by Crippen LogP contribution is -2.63. The number of aliphatic imine (C=N–C) groups is 1. The van der Waals surface area contributed by atoms with Gasteiger partial charge in [-0.05, 0) is 75.9 Å². The number of rotatable bonds is 6. The monoisotopic (exact) mass is 499 g/mol. The number of ketones is 1. The van der Waals surface area contributed by atoms with E-state index in [9.17, 15) is 19.8 Å². The number of Topliss-reactive ketones (excluding diaryl/α,β-unsaturated/α-hetero) is 1. The molecule has 0 aromatic heterocycles. The fourth-order valence-electron chi connectivity index (χ4n) is 8.93. The highest BCUT2D eigenvalue weighted by atomic mass is 16.4. The number of carboxylic acids is 1. The fraction of sp³-hybridized carbons (Fsp3) is 0.741. The highest BCUT2D eigenvalue weighted by Gasteiger charge is 2.76. The summed E-state index contributed by atoms with van der Waals surface area (Å²) in [5.41, 5.74) is 4.53. The summed E-state index contributed by atoms with van der Waals surface area (Å²) < 4.78 is 0. The molecule has 9 nitrogen and oxygen atoms in total. The maximum atomic E-state index is 13.4. The zero-order valence-corrected chi connectivity index (χ0v) is 21.6. The second-order valence-electron chi connectivity index (χ2n) is 11.5. The third-order valence-corrected chi connectivity index (χ3v) is 10.2. The first-order chi connectivity index (χ1) is 17.3. The minimum atomic E-state index is -1.91. The number of guanidine groups is 1. The molecule has 1 heterocycles. The molecule has 2 spiro atoms. The van der Waals surface area contributed by atoms with Crippen LogP contribution in [-0.4, -0.2) is 78.7 Å². The van der Waals surface area contributed by atoms with Gasteiger partial charge in [0.05, 0.1) is 12.1 Å². The van der Waals surface area contributed by atoms with Gasteiger partial charge in [-0.1, -0.05) is 12.5 Å². The number of hydrogen-bond acceptors (Lipinski definition) is 6. The first-order valence-electron chi connectivity index (χ1n) is 13.5. The van der Waals surface area contributed by atoms with Gasteiger partial charge in [0.2, 0.25) is 0 Å². The Morgan fingerprint density at radius 2 is 2.00 bits per heavy atom. The summed E-state index contributed by atoms with van der Waals surface area (Å²) in [5, 5.41) is 28.8. The summed E-state index contributed by atoms with van der Waals surface area (Å²) >= 11 is 0. The molecule has 1 aliphatic heterocycles. The lowest BCUT2D eigenvalue weighted by molar-refractivity contribution is -0.148. The van der Waals surface area contributed by atoms with Crippen LogP contribution in [0.15, 0.2) is 28.4 Å². The molecule has 3 bridgehead atoms. The SMILES string of the molecule is CNCCN=C(N)N1C=C[C@@H](CNC)[C@@]2(C1)[C@@H]1CC[C@H]3CCCCC(=O)[C@]4(O)C[C@@]32C(=C4C(=O)O)C1. The standard InChI is InChI=1S/C27H41N5O4/c1-29-10-11-31-24(28)32-12-9-19(14-30-2)26(16-32)18-8-7-17-5-3-4-6-21(33)27(36)15-25(17,26)20(13-18)22(27)23(34)35/h9,12,17-19,29-30,36H,3-8,10-11,13-16H2,1-2H3,(H2,28,31)(H,34,35)/t17-,18-,19+,25+,26-,27-/m1/s1. The van der Waals surface area contributed by atoms with Gasteiger partial charge in [-0.25, -0.2) is 4.79 Å². The Kier molecular flexibility index (Phi) is 6.54. The Morgan fingerprint density at radius 3 is 2.72 bits per heavy atom. The minimum Gasteiger partial charge on any atom is -0.478 e.